The molecular weight excluding hydrogens is 202 g/mol. The van der Waals surface area contributed by atoms with Gasteiger partial charge in [-0.15, -0.1) is 0 Å². The van der Waals surface area contributed by atoms with Gasteiger partial charge in [0.15, 0.2) is 0 Å². The van der Waals surface area contributed by atoms with Crippen molar-refractivity contribution in [3.8, 4) is 0 Å². The number of nitrogens with zero attached hydrogens (tertiary/aromatic N) is 1. The number of hydrogen-bond acceptors (Lipinski definition) is 3. The van der Waals surface area contributed by atoms with Gasteiger partial charge in [-0.3, -0.25) is 4.18 Å². The Labute approximate surface area is 85.5 Å². The molecule has 0 aromatic heterocycles. The van der Waals surface area contributed by atoms with Gasteiger partial charge in [0.25, 0.3) is 0 Å². The molecular formula is C9H17NO3S. The van der Waals surface area contributed by atoms with E-state index in [2.05, 4.69) is 0 Å². The summed E-state index contributed by atoms with van der Waals surface area (Å²) in [5.41, 5.74) is 0. The van der Waals surface area contributed by atoms with Gasteiger partial charge < -0.3 is 0 Å². The Balaban J connectivity index is 2.18. The van der Waals surface area contributed by atoms with E-state index in [1.54, 1.807) is 4.31 Å². The van der Waals surface area contributed by atoms with E-state index in [1.807, 2.05) is 13.8 Å². The number of hydrogen-bond donors (Lipinski definition) is 0. The Bertz CT molecular complexity index is 312. The Morgan fingerprint density at radius 1 is 1.43 bits per heavy atom. The molecule has 2 fully saturated rings. The second kappa shape index (κ2) is 3.47. The van der Waals surface area contributed by atoms with Crippen molar-refractivity contribution in [1.29, 1.82) is 0 Å². The van der Waals surface area contributed by atoms with Crippen LogP contribution in [0, 0.1) is 5.92 Å². The summed E-state index contributed by atoms with van der Waals surface area (Å²) in [6, 6.07) is 0.113. The lowest BCUT2D eigenvalue weighted by Gasteiger charge is -2.20. The first-order valence-corrected chi connectivity index (χ1v) is 6.57. The molecule has 0 spiro atoms. The van der Waals surface area contributed by atoms with E-state index in [0.29, 0.717) is 12.5 Å². The van der Waals surface area contributed by atoms with Gasteiger partial charge in [-0.1, -0.05) is 13.8 Å². The monoisotopic (exact) mass is 219 g/mol. The van der Waals surface area contributed by atoms with Crippen LogP contribution in [0.4, 0.5) is 0 Å². The van der Waals surface area contributed by atoms with Gasteiger partial charge in [-0.05, 0) is 25.2 Å². The topological polar surface area (TPSA) is 46.6 Å². The number of rotatable bonds is 2. The third kappa shape index (κ3) is 1.68. The zero-order valence-corrected chi connectivity index (χ0v) is 9.46. The third-order valence-corrected chi connectivity index (χ3v) is 4.35. The van der Waals surface area contributed by atoms with E-state index >= 15 is 0 Å². The Kier molecular flexibility index (Phi) is 2.57. The van der Waals surface area contributed by atoms with Crippen LogP contribution in [0.1, 0.15) is 33.1 Å². The quantitative estimate of drug-likeness (QED) is 0.699. The van der Waals surface area contributed by atoms with Crippen LogP contribution in [0.3, 0.4) is 0 Å². The zero-order chi connectivity index (χ0) is 10.3. The molecule has 4 nitrogen and oxygen atoms in total. The largest absolute Gasteiger partial charge is 0.339 e. The second-order valence-electron chi connectivity index (χ2n) is 4.55. The molecule has 1 saturated heterocycles. The summed E-state index contributed by atoms with van der Waals surface area (Å²) in [4.78, 5) is 0. The van der Waals surface area contributed by atoms with Crippen LogP contribution in [0.15, 0.2) is 0 Å². The summed E-state index contributed by atoms with van der Waals surface area (Å²) in [7, 11) is -3.41. The third-order valence-electron chi connectivity index (χ3n) is 2.87. The molecule has 82 valence electrons. The van der Waals surface area contributed by atoms with Crippen LogP contribution < -0.4 is 0 Å². The normalized spacial score (nSPS) is 36.5. The van der Waals surface area contributed by atoms with Crippen molar-refractivity contribution >= 4 is 10.3 Å². The molecule has 2 aliphatic rings. The molecule has 2 rings (SSSR count). The van der Waals surface area contributed by atoms with Crippen LogP contribution in [0.25, 0.3) is 0 Å². The van der Waals surface area contributed by atoms with Gasteiger partial charge in [-0.2, -0.15) is 12.7 Å². The summed E-state index contributed by atoms with van der Waals surface area (Å²) < 4.78 is 29.9. The Morgan fingerprint density at radius 2 is 2.14 bits per heavy atom. The summed E-state index contributed by atoms with van der Waals surface area (Å²) >= 11 is 0. The predicted octanol–water partition coefficient (Wildman–Crippen LogP) is 1.14. The minimum atomic E-state index is -3.41. The SMILES string of the molecule is CC(C)CN1[C@@H]2CCC[C@@H]2OS1(=O)=O. The van der Waals surface area contributed by atoms with Crippen LogP contribution in [-0.4, -0.2) is 31.4 Å². The van der Waals surface area contributed by atoms with Crippen molar-refractivity contribution in [3.05, 3.63) is 0 Å². The highest BCUT2D eigenvalue weighted by atomic mass is 32.2. The van der Waals surface area contributed by atoms with E-state index in [-0.39, 0.29) is 12.1 Å². The molecule has 0 amide bonds. The van der Waals surface area contributed by atoms with E-state index in [1.165, 1.54) is 0 Å². The minimum absolute atomic E-state index is 0.0706. The summed E-state index contributed by atoms with van der Waals surface area (Å²) in [5.74, 6) is 0.354. The van der Waals surface area contributed by atoms with Crippen molar-refractivity contribution in [2.24, 2.45) is 5.92 Å². The predicted molar refractivity (Wildman–Crippen MR) is 53.0 cm³/mol. The number of fused-ring (bicyclic) bond motifs is 1. The highest BCUT2D eigenvalue weighted by Crippen LogP contribution is 2.36. The fourth-order valence-electron chi connectivity index (χ4n) is 2.31. The molecule has 1 saturated carbocycles. The molecule has 0 unspecified atom stereocenters. The van der Waals surface area contributed by atoms with E-state index in [4.69, 9.17) is 4.18 Å². The lowest BCUT2D eigenvalue weighted by Crippen LogP contribution is -2.36. The summed E-state index contributed by atoms with van der Waals surface area (Å²) in [6.07, 6.45) is 2.85. The van der Waals surface area contributed by atoms with Crippen LogP contribution >= 0.6 is 0 Å². The van der Waals surface area contributed by atoms with Crippen molar-refractivity contribution in [2.75, 3.05) is 6.54 Å². The van der Waals surface area contributed by atoms with Gasteiger partial charge in [0.1, 0.15) is 0 Å². The average molecular weight is 219 g/mol. The summed E-state index contributed by atoms with van der Waals surface area (Å²) in [5, 5.41) is 0. The maximum atomic E-state index is 11.6. The first kappa shape index (κ1) is 10.4. The standard InChI is InChI=1S/C9H17NO3S/c1-7(2)6-10-8-4-3-5-9(8)13-14(10,11)12/h7-9H,3-6H2,1-2H3/t8-,9+/m1/s1. The van der Waals surface area contributed by atoms with Gasteiger partial charge in [0.05, 0.1) is 12.1 Å². The van der Waals surface area contributed by atoms with Crippen molar-refractivity contribution in [1.82, 2.24) is 4.31 Å². The molecule has 0 aromatic rings. The Morgan fingerprint density at radius 3 is 2.79 bits per heavy atom. The van der Waals surface area contributed by atoms with Crippen LogP contribution in [0.5, 0.6) is 0 Å². The van der Waals surface area contributed by atoms with Crippen LogP contribution in [-0.2, 0) is 14.5 Å². The van der Waals surface area contributed by atoms with E-state index in [9.17, 15) is 8.42 Å². The Hall–Kier alpha value is -0.130. The molecule has 5 heteroatoms. The van der Waals surface area contributed by atoms with Gasteiger partial charge in [0, 0.05) is 6.54 Å². The maximum absolute atomic E-state index is 11.6. The molecule has 0 aromatic carbocycles. The lowest BCUT2D eigenvalue weighted by atomic mass is 10.1. The molecule has 0 N–H and O–H groups in total. The summed E-state index contributed by atoms with van der Waals surface area (Å²) in [6.45, 7) is 4.64. The second-order valence-corrected chi connectivity index (χ2v) is 6.07. The lowest BCUT2D eigenvalue weighted by molar-refractivity contribution is 0.217. The van der Waals surface area contributed by atoms with E-state index in [0.717, 1.165) is 19.3 Å². The molecule has 1 aliphatic carbocycles. The van der Waals surface area contributed by atoms with E-state index < -0.39 is 10.3 Å². The first-order valence-electron chi connectivity index (χ1n) is 5.21. The van der Waals surface area contributed by atoms with Crippen molar-refractivity contribution < 1.29 is 12.6 Å². The molecule has 14 heavy (non-hydrogen) atoms. The smallest absolute Gasteiger partial charge is 0.253 e. The van der Waals surface area contributed by atoms with Gasteiger partial charge in [0.2, 0.25) is 0 Å². The first-order chi connectivity index (χ1) is 6.50. The molecule has 0 radical (unpaired) electrons. The molecule has 0 bridgehead atoms. The minimum Gasteiger partial charge on any atom is -0.253 e. The van der Waals surface area contributed by atoms with Crippen molar-refractivity contribution in [3.63, 3.8) is 0 Å². The van der Waals surface area contributed by atoms with Crippen LogP contribution in [0.2, 0.25) is 0 Å². The van der Waals surface area contributed by atoms with Gasteiger partial charge >= 0.3 is 10.3 Å². The fourth-order valence-corrected chi connectivity index (χ4v) is 4.01. The highest BCUT2D eigenvalue weighted by Gasteiger charge is 2.48. The highest BCUT2D eigenvalue weighted by molar-refractivity contribution is 7.84. The maximum Gasteiger partial charge on any atom is 0.339 e. The molecule has 1 heterocycles. The average Bonchev–Trinajstić information content (AvgIpc) is 2.53. The molecule has 2 atom stereocenters. The fraction of sp³-hybridized carbons (Fsp3) is 1.00. The zero-order valence-electron chi connectivity index (χ0n) is 8.64. The van der Waals surface area contributed by atoms with Crippen molar-refractivity contribution in [2.45, 2.75) is 45.3 Å². The van der Waals surface area contributed by atoms with Gasteiger partial charge in [-0.25, -0.2) is 0 Å². The molecule has 1 aliphatic heterocycles.